The normalized spacial score (nSPS) is 11.2. The van der Waals surface area contributed by atoms with E-state index in [0.29, 0.717) is 22.3 Å². The summed E-state index contributed by atoms with van der Waals surface area (Å²) in [7, 11) is 0. The molecule has 0 aliphatic rings. The molecule has 6 aromatic rings. The predicted octanol–water partition coefficient (Wildman–Crippen LogP) is 7.46. The summed E-state index contributed by atoms with van der Waals surface area (Å²) in [4.78, 5) is 13.1. The topological polar surface area (TPSA) is 95.1 Å². The van der Waals surface area contributed by atoms with Crippen LogP contribution in [0, 0.1) is 13.8 Å². The fourth-order valence-electron chi connectivity index (χ4n) is 4.50. The van der Waals surface area contributed by atoms with Gasteiger partial charge in [0.05, 0.1) is 17.9 Å². The smallest absolute Gasteiger partial charge is 0.293 e. The molecule has 0 saturated carbocycles. The summed E-state index contributed by atoms with van der Waals surface area (Å²) >= 11 is 1.28. The van der Waals surface area contributed by atoms with Crippen molar-refractivity contribution in [1.82, 2.24) is 20.0 Å². The van der Waals surface area contributed by atoms with Crippen molar-refractivity contribution in [2.45, 2.75) is 27.2 Å². The van der Waals surface area contributed by atoms with Crippen LogP contribution in [-0.4, -0.2) is 32.5 Å². The minimum absolute atomic E-state index is 0.263. The molecule has 0 aliphatic carbocycles. The van der Waals surface area contributed by atoms with E-state index in [2.05, 4.69) is 22.4 Å². The van der Waals surface area contributed by atoms with Crippen molar-refractivity contribution in [3.8, 4) is 33.3 Å². The molecule has 3 aromatic heterocycles. The zero-order chi connectivity index (χ0) is 27.6. The molecule has 8 nitrogen and oxygen atoms in total. The standard InChI is InChI=1S/C31H27N5O3S/c1-4-15-38-23-12-8-9-21(17-23)27-25(18-36(35-27)22-10-6-5-7-11-22)30-33-34-31(40-30)32-29(37)28-20(3)24-14-13-19(2)16-26(24)39-28/h5-14,16-18H,4,15H2,1-3H3,(H,32,34,37). The lowest BCUT2D eigenvalue weighted by Gasteiger charge is -2.06. The maximum atomic E-state index is 13.1. The first-order valence-corrected chi connectivity index (χ1v) is 13.8. The summed E-state index contributed by atoms with van der Waals surface area (Å²) in [5.74, 6) is 0.676. The molecule has 0 bridgehead atoms. The number of amides is 1. The Bertz CT molecular complexity index is 1820. The number of carbonyl (C=O) groups excluding carboxylic acids is 1. The number of benzene rings is 3. The number of carbonyl (C=O) groups is 1. The Labute approximate surface area is 235 Å². The molecule has 0 unspecified atom stereocenters. The van der Waals surface area contributed by atoms with Crippen molar-refractivity contribution in [2.75, 3.05) is 11.9 Å². The molecule has 0 saturated heterocycles. The summed E-state index contributed by atoms with van der Waals surface area (Å²) in [5, 5.41) is 18.4. The van der Waals surface area contributed by atoms with Crippen molar-refractivity contribution in [2.24, 2.45) is 0 Å². The van der Waals surface area contributed by atoms with E-state index in [1.54, 1.807) is 0 Å². The number of nitrogens with one attached hydrogen (secondary N) is 1. The molecule has 1 amide bonds. The van der Waals surface area contributed by atoms with Crippen LogP contribution >= 0.6 is 11.3 Å². The van der Waals surface area contributed by atoms with Crippen molar-refractivity contribution in [3.05, 3.63) is 95.9 Å². The van der Waals surface area contributed by atoms with Crippen molar-refractivity contribution in [1.29, 1.82) is 0 Å². The molecule has 1 N–H and O–H groups in total. The van der Waals surface area contributed by atoms with Crippen LogP contribution in [0.25, 0.3) is 38.5 Å². The highest BCUT2D eigenvalue weighted by atomic mass is 32.1. The number of aryl methyl sites for hydroxylation is 2. The number of fused-ring (bicyclic) bond motifs is 1. The second-order valence-electron chi connectivity index (χ2n) is 9.47. The largest absolute Gasteiger partial charge is 0.494 e. The van der Waals surface area contributed by atoms with Crippen molar-refractivity contribution >= 4 is 33.3 Å². The molecule has 40 heavy (non-hydrogen) atoms. The van der Waals surface area contributed by atoms with Crippen LogP contribution < -0.4 is 10.1 Å². The lowest BCUT2D eigenvalue weighted by atomic mass is 10.1. The first-order valence-electron chi connectivity index (χ1n) is 13.0. The number of hydrogen-bond donors (Lipinski definition) is 1. The summed E-state index contributed by atoms with van der Waals surface area (Å²) in [6, 6.07) is 23.6. The van der Waals surface area contributed by atoms with Gasteiger partial charge in [-0.1, -0.05) is 60.7 Å². The van der Waals surface area contributed by atoms with Crippen LogP contribution in [0.4, 0.5) is 5.13 Å². The first kappa shape index (κ1) is 25.5. The summed E-state index contributed by atoms with van der Waals surface area (Å²) in [6.45, 7) is 6.58. The van der Waals surface area contributed by atoms with Crippen LogP contribution in [-0.2, 0) is 0 Å². The van der Waals surface area contributed by atoms with Gasteiger partial charge in [0, 0.05) is 22.7 Å². The van der Waals surface area contributed by atoms with E-state index in [4.69, 9.17) is 14.3 Å². The van der Waals surface area contributed by atoms with Gasteiger partial charge in [0.1, 0.15) is 17.0 Å². The third-order valence-electron chi connectivity index (χ3n) is 6.49. The lowest BCUT2D eigenvalue weighted by Crippen LogP contribution is -2.11. The number of nitrogens with zero attached hydrogens (tertiary/aromatic N) is 4. The Balaban J connectivity index is 1.34. The predicted molar refractivity (Wildman–Crippen MR) is 157 cm³/mol. The maximum Gasteiger partial charge on any atom is 0.293 e. The second-order valence-corrected chi connectivity index (χ2v) is 10.4. The van der Waals surface area contributed by atoms with Gasteiger partial charge in [-0.3, -0.25) is 10.1 Å². The number of furan rings is 1. The quantitative estimate of drug-likeness (QED) is 0.212. The van der Waals surface area contributed by atoms with E-state index in [-0.39, 0.29) is 11.7 Å². The third-order valence-corrected chi connectivity index (χ3v) is 7.36. The van der Waals surface area contributed by atoms with E-state index in [1.165, 1.54) is 11.3 Å². The monoisotopic (exact) mass is 549 g/mol. The molecule has 0 spiro atoms. The number of ether oxygens (including phenoxy) is 1. The highest BCUT2D eigenvalue weighted by molar-refractivity contribution is 7.18. The van der Waals surface area contributed by atoms with Gasteiger partial charge in [0.15, 0.2) is 10.8 Å². The number of aromatic nitrogens is 4. The summed E-state index contributed by atoms with van der Waals surface area (Å²) in [6.07, 6.45) is 2.85. The van der Waals surface area contributed by atoms with Crippen LogP contribution in [0.15, 0.2) is 83.4 Å². The molecular formula is C31H27N5O3S. The van der Waals surface area contributed by atoms with Crippen LogP contribution in [0.1, 0.15) is 35.0 Å². The Morgan fingerprint density at radius 2 is 1.88 bits per heavy atom. The van der Waals surface area contributed by atoms with E-state index >= 15 is 0 Å². The Morgan fingerprint density at radius 3 is 2.70 bits per heavy atom. The SMILES string of the molecule is CCCOc1cccc(-c2nn(-c3ccccc3)cc2-c2nnc(NC(=O)c3oc4cc(C)ccc4c3C)s2)c1. The molecule has 0 atom stereocenters. The number of anilines is 1. The third kappa shape index (κ3) is 4.99. The maximum absolute atomic E-state index is 13.1. The number of para-hydroxylation sites is 1. The minimum Gasteiger partial charge on any atom is -0.494 e. The average Bonchev–Trinajstić information content (AvgIpc) is 3.70. The molecule has 3 heterocycles. The molecular weight excluding hydrogens is 522 g/mol. The molecule has 0 radical (unpaired) electrons. The Morgan fingerprint density at radius 1 is 1.02 bits per heavy atom. The zero-order valence-electron chi connectivity index (χ0n) is 22.3. The van der Waals surface area contributed by atoms with Gasteiger partial charge in [-0.25, -0.2) is 4.68 Å². The highest BCUT2D eigenvalue weighted by Crippen LogP contribution is 2.36. The van der Waals surface area contributed by atoms with E-state index in [0.717, 1.165) is 51.2 Å². The Kier molecular flexibility index (Phi) is 6.88. The van der Waals surface area contributed by atoms with Gasteiger partial charge in [0.25, 0.3) is 5.91 Å². The molecule has 0 aliphatic heterocycles. The number of rotatable bonds is 8. The lowest BCUT2D eigenvalue weighted by molar-refractivity contribution is 0.0998. The fourth-order valence-corrected chi connectivity index (χ4v) is 5.24. The molecule has 9 heteroatoms. The number of hydrogen-bond acceptors (Lipinski definition) is 7. The van der Waals surface area contributed by atoms with Crippen LogP contribution in [0.3, 0.4) is 0 Å². The van der Waals surface area contributed by atoms with Gasteiger partial charge >= 0.3 is 0 Å². The van der Waals surface area contributed by atoms with Gasteiger partial charge in [-0.2, -0.15) is 5.10 Å². The molecule has 3 aromatic carbocycles. The average molecular weight is 550 g/mol. The van der Waals surface area contributed by atoms with Crippen molar-refractivity contribution < 1.29 is 13.9 Å². The fraction of sp³-hybridized carbons (Fsp3) is 0.161. The molecule has 200 valence electrons. The van der Waals surface area contributed by atoms with Gasteiger partial charge in [-0.15, -0.1) is 10.2 Å². The van der Waals surface area contributed by atoms with Gasteiger partial charge in [-0.05, 0) is 56.2 Å². The van der Waals surface area contributed by atoms with Gasteiger partial charge in [0.2, 0.25) is 5.13 Å². The van der Waals surface area contributed by atoms with Crippen molar-refractivity contribution in [3.63, 3.8) is 0 Å². The van der Waals surface area contributed by atoms with Crippen LogP contribution in [0.5, 0.6) is 5.75 Å². The zero-order valence-corrected chi connectivity index (χ0v) is 23.2. The van der Waals surface area contributed by atoms with E-state index < -0.39 is 0 Å². The molecule has 6 rings (SSSR count). The van der Waals surface area contributed by atoms with Crippen LogP contribution in [0.2, 0.25) is 0 Å². The molecule has 0 fully saturated rings. The van der Waals surface area contributed by atoms with E-state index in [1.807, 2.05) is 97.5 Å². The second kappa shape index (κ2) is 10.8. The summed E-state index contributed by atoms with van der Waals surface area (Å²) in [5.41, 5.74) is 5.89. The first-order chi connectivity index (χ1) is 19.5. The summed E-state index contributed by atoms with van der Waals surface area (Å²) < 4.78 is 13.6. The van der Waals surface area contributed by atoms with E-state index in [9.17, 15) is 4.79 Å². The van der Waals surface area contributed by atoms with Gasteiger partial charge < -0.3 is 9.15 Å². The highest BCUT2D eigenvalue weighted by Gasteiger charge is 2.22. The Hall–Kier alpha value is -4.76. The minimum atomic E-state index is -0.366.